The number of anilines is 3. The van der Waals surface area contributed by atoms with E-state index in [1.54, 1.807) is 16.7 Å². The fourth-order valence-corrected chi connectivity index (χ4v) is 3.61. The van der Waals surface area contributed by atoms with E-state index in [0.29, 0.717) is 0 Å². The van der Waals surface area contributed by atoms with Crippen LogP contribution in [0.25, 0.3) is 0 Å². The Morgan fingerprint density at radius 2 is 1.79 bits per heavy atom. The number of nitrogens with zero attached hydrogens (tertiary/aromatic N) is 2. The molecule has 0 radical (unpaired) electrons. The highest BCUT2D eigenvalue weighted by Gasteiger charge is 2.35. The van der Waals surface area contributed by atoms with Gasteiger partial charge in [-0.25, -0.2) is 8.78 Å². The molecule has 1 aliphatic heterocycles. The van der Waals surface area contributed by atoms with E-state index in [1.807, 2.05) is 30.5 Å². The van der Waals surface area contributed by atoms with Gasteiger partial charge in [-0.1, -0.05) is 0 Å². The Labute approximate surface area is 166 Å². The average Bonchev–Trinajstić information content (AvgIpc) is 3.02. The van der Waals surface area contributed by atoms with Gasteiger partial charge in [-0.3, -0.25) is 9.59 Å². The molecule has 1 N–H and O–H groups in total. The summed E-state index contributed by atoms with van der Waals surface area (Å²) < 4.78 is 28.2. The molecule has 1 unspecified atom stereocenters. The van der Waals surface area contributed by atoms with Crippen LogP contribution < -0.4 is 15.1 Å². The third kappa shape index (κ3) is 4.11. The van der Waals surface area contributed by atoms with E-state index in [4.69, 9.17) is 0 Å². The molecule has 0 bridgehead atoms. The molecule has 1 fully saturated rings. The number of benzene rings is 2. The third-order valence-electron chi connectivity index (χ3n) is 4.61. The van der Waals surface area contributed by atoms with E-state index in [9.17, 15) is 18.4 Å². The number of hydrogen-bond donors (Lipinski definition) is 1. The predicted molar refractivity (Wildman–Crippen MR) is 108 cm³/mol. The summed E-state index contributed by atoms with van der Waals surface area (Å²) in [6.07, 6.45) is 2.02. The average molecular weight is 405 g/mol. The van der Waals surface area contributed by atoms with Gasteiger partial charge in [-0.2, -0.15) is 0 Å². The second-order valence-corrected chi connectivity index (χ2v) is 7.66. The van der Waals surface area contributed by atoms with E-state index in [-0.39, 0.29) is 30.2 Å². The van der Waals surface area contributed by atoms with Crippen molar-refractivity contribution >= 4 is 40.6 Å². The fourth-order valence-electron chi connectivity index (χ4n) is 3.20. The smallest absolute Gasteiger partial charge is 0.229 e. The summed E-state index contributed by atoms with van der Waals surface area (Å²) in [7, 11) is 3.06. The topological polar surface area (TPSA) is 52.7 Å². The number of carbonyl (C=O) groups is 2. The monoisotopic (exact) mass is 405 g/mol. The lowest BCUT2D eigenvalue weighted by molar-refractivity contribution is -0.122. The minimum absolute atomic E-state index is 0.0285. The van der Waals surface area contributed by atoms with Gasteiger partial charge in [-0.05, 0) is 42.7 Å². The molecule has 2 amide bonds. The van der Waals surface area contributed by atoms with Gasteiger partial charge in [0, 0.05) is 43.3 Å². The van der Waals surface area contributed by atoms with Crippen LogP contribution in [0.3, 0.4) is 0 Å². The lowest BCUT2D eigenvalue weighted by Gasteiger charge is -2.18. The number of amides is 2. The Morgan fingerprint density at radius 1 is 1.18 bits per heavy atom. The highest BCUT2D eigenvalue weighted by Crippen LogP contribution is 2.29. The number of rotatable bonds is 5. The predicted octanol–water partition coefficient (Wildman–Crippen LogP) is 3.74. The minimum atomic E-state index is -0.765. The molecule has 0 aliphatic carbocycles. The van der Waals surface area contributed by atoms with Crippen LogP contribution in [-0.2, 0) is 9.59 Å². The van der Waals surface area contributed by atoms with Crippen molar-refractivity contribution in [1.29, 1.82) is 0 Å². The molecule has 0 spiro atoms. The normalized spacial score (nSPS) is 16.4. The van der Waals surface area contributed by atoms with Crippen LogP contribution in [0.2, 0.25) is 0 Å². The first-order chi connectivity index (χ1) is 13.3. The lowest BCUT2D eigenvalue weighted by atomic mass is 10.1. The van der Waals surface area contributed by atoms with E-state index < -0.39 is 23.5 Å². The van der Waals surface area contributed by atoms with Gasteiger partial charge in [0.05, 0.1) is 5.92 Å². The van der Waals surface area contributed by atoms with Crippen LogP contribution in [-0.4, -0.2) is 38.7 Å². The summed E-state index contributed by atoms with van der Waals surface area (Å²) in [6.45, 7) is 0.226. The molecule has 1 saturated heterocycles. The molecule has 2 aromatic rings. The SMILES string of the molecule is CSc1ccc(N2CC(C(=O)Nc3cc(F)c(N(C)C)c(F)c3)CC2=O)cc1. The molecule has 2 aromatic carbocycles. The number of nitrogens with one attached hydrogen (secondary N) is 1. The van der Waals surface area contributed by atoms with Gasteiger partial charge in [0.2, 0.25) is 11.8 Å². The summed E-state index contributed by atoms with van der Waals surface area (Å²) in [4.78, 5) is 28.8. The van der Waals surface area contributed by atoms with Gasteiger partial charge in [0.25, 0.3) is 0 Å². The summed E-state index contributed by atoms with van der Waals surface area (Å²) in [5.41, 5.74) is 0.584. The number of halogens is 2. The third-order valence-corrected chi connectivity index (χ3v) is 5.36. The summed E-state index contributed by atoms with van der Waals surface area (Å²) in [6, 6.07) is 9.67. The Balaban J connectivity index is 1.71. The van der Waals surface area contributed by atoms with Crippen molar-refractivity contribution < 1.29 is 18.4 Å². The molecular weight excluding hydrogens is 384 g/mol. The van der Waals surface area contributed by atoms with Crippen molar-refractivity contribution in [3.05, 3.63) is 48.0 Å². The van der Waals surface area contributed by atoms with Crippen molar-refractivity contribution in [2.45, 2.75) is 11.3 Å². The molecule has 0 aromatic heterocycles. The van der Waals surface area contributed by atoms with E-state index in [1.165, 1.54) is 19.0 Å². The number of thioether (sulfide) groups is 1. The van der Waals surface area contributed by atoms with Gasteiger partial charge in [-0.15, -0.1) is 11.8 Å². The number of hydrogen-bond acceptors (Lipinski definition) is 4. The molecular formula is C20H21F2N3O2S. The maximum atomic E-state index is 14.1. The van der Waals surface area contributed by atoms with E-state index in [2.05, 4.69) is 5.32 Å². The Kier molecular flexibility index (Phi) is 5.88. The first-order valence-corrected chi connectivity index (χ1v) is 9.94. The minimum Gasteiger partial charge on any atom is -0.373 e. The van der Waals surface area contributed by atoms with Crippen molar-refractivity contribution in [3.63, 3.8) is 0 Å². The molecule has 0 saturated carbocycles. The van der Waals surface area contributed by atoms with Crippen LogP contribution in [0, 0.1) is 17.6 Å². The molecule has 1 atom stereocenters. The second-order valence-electron chi connectivity index (χ2n) is 6.78. The Bertz CT molecular complexity index is 880. The van der Waals surface area contributed by atoms with Crippen LogP contribution in [0.4, 0.5) is 25.8 Å². The van der Waals surface area contributed by atoms with Gasteiger partial charge in [0.1, 0.15) is 5.69 Å². The maximum Gasteiger partial charge on any atom is 0.229 e. The summed E-state index contributed by atoms with van der Waals surface area (Å²) in [5, 5.41) is 2.52. The first-order valence-electron chi connectivity index (χ1n) is 8.71. The summed E-state index contributed by atoms with van der Waals surface area (Å²) >= 11 is 1.60. The molecule has 3 rings (SSSR count). The quantitative estimate of drug-likeness (QED) is 0.770. The molecule has 5 nitrogen and oxygen atoms in total. The fraction of sp³-hybridized carbons (Fsp3) is 0.300. The van der Waals surface area contributed by atoms with E-state index in [0.717, 1.165) is 22.7 Å². The highest BCUT2D eigenvalue weighted by atomic mass is 32.2. The van der Waals surface area contributed by atoms with Crippen LogP contribution in [0.1, 0.15) is 6.42 Å². The first kappa shape index (κ1) is 20.1. The summed E-state index contributed by atoms with van der Waals surface area (Å²) in [5.74, 6) is -2.71. The highest BCUT2D eigenvalue weighted by molar-refractivity contribution is 7.98. The zero-order valence-corrected chi connectivity index (χ0v) is 16.6. The van der Waals surface area contributed by atoms with Crippen molar-refractivity contribution in [1.82, 2.24) is 0 Å². The molecule has 28 heavy (non-hydrogen) atoms. The van der Waals surface area contributed by atoms with Crippen molar-refractivity contribution in [2.24, 2.45) is 5.92 Å². The second kappa shape index (κ2) is 8.18. The van der Waals surface area contributed by atoms with Crippen LogP contribution >= 0.6 is 11.8 Å². The van der Waals surface area contributed by atoms with Crippen molar-refractivity contribution in [3.8, 4) is 0 Å². The lowest BCUT2D eigenvalue weighted by Crippen LogP contribution is -2.28. The number of carbonyl (C=O) groups excluding carboxylic acids is 2. The van der Waals surface area contributed by atoms with Gasteiger partial charge < -0.3 is 15.1 Å². The standard InChI is InChI=1S/C20H21F2N3O2S/c1-24(2)19-16(21)9-13(10-17(19)22)23-20(27)12-8-18(26)25(11-12)14-4-6-15(28-3)7-5-14/h4-7,9-10,12H,8,11H2,1-3H3,(H,23,27). The van der Waals surface area contributed by atoms with E-state index >= 15 is 0 Å². The largest absolute Gasteiger partial charge is 0.373 e. The molecule has 8 heteroatoms. The zero-order valence-electron chi connectivity index (χ0n) is 15.8. The molecule has 1 aliphatic rings. The van der Waals surface area contributed by atoms with Gasteiger partial charge in [0.15, 0.2) is 11.6 Å². The Morgan fingerprint density at radius 3 is 2.32 bits per heavy atom. The molecule has 148 valence electrons. The van der Waals surface area contributed by atoms with Crippen LogP contribution in [0.15, 0.2) is 41.3 Å². The zero-order chi connectivity index (χ0) is 20.4. The molecule has 1 heterocycles. The van der Waals surface area contributed by atoms with Gasteiger partial charge >= 0.3 is 0 Å². The Hall–Kier alpha value is -2.61. The van der Waals surface area contributed by atoms with Crippen molar-refractivity contribution in [2.75, 3.05) is 42.0 Å². The maximum absolute atomic E-state index is 14.1. The van der Waals surface area contributed by atoms with Crippen LogP contribution in [0.5, 0.6) is 0 Å².